The molecular weight excluding hydrogens is 514 g/mol. The first-order valence-corrected chi connectivity index (χ1v) is 12.5. The fourth-order valence-electron chi connectivity index (χ4n) is 4.10. The second kappa shape index (κ2) is 9.53. The summed E-state index contributed by atoms with van der Waals surface area (Å²) >= 11 is 0. The van der Waals surface area contributed by atoms with Crippen molar-refractivity contribution in [1.29, 1.82) is 5.26 Å². The second-order valence-electron chi connectivity index (χ2n) is 8.21. The van der Waals surface area contributed by atoms with Crippen LogP contribution in [0.1, 0.15) is 5.69 Å². The molecule has 0 aliphatic carbocycles. The molecule has 9 nitrogen and oxygen atoms in total. The molecule has 0 aliphatic heterocycles. The summed E-state index contributed by atoms with van der Waals surface area (Å²) in [4.78, 5) is 7.51. The molecule has 0 saturated heterocycles. The molecule has 0 amide bonds. The van der Waals surface area contributed by atoms with Crippen molar-refractivity contribution in [1.82, 2.24) is 19.7 Å². The number of pyridine rings is 2. The van der Waals surface area contributed by atoms with Crippen LogP contribution >= 0.6 is 0 Å². The summed E-state index contributed by atoms with van der Waals surface area (Å²) in [5, 5.41) is 14.6. The highest BCUT2D eigenvalue weighted by molar-refractivity contribution is 7.92. The number of benzene rings is 2. The summed E-state index contributed by atoms with van der Waals surface area (Å²) in [5.74, 6) is -2.17. The third-order valence-electron chi connectivity index (χ3n) is 5.79. The lowest BCUT2D eigenvalue weighted by Gasteiger charge is -2.13. The van der Waals surface area contributed by atoms with Gasteiger partial charge in [0, 0.05) is 42.0 Å². The van der Waals surface area contributed by atoms with Gasteiger partial charge < -0.3 is 4.74 Å². The van der Waals surface area contributed by atoms with E-state index < -0.39 is 26.6 Å². The zero-order valence-electron chi connectivity index (χ0n) is 20.0. The van der Waals surface area contributed by atoms with Crippen LogP contribution in [0.3, 0.4) is 0 Å². The van der Waals surface area contributed by atoms with Crippen molar-refractivity contribution in [2.24, 2.45) is 7.05 Å². The molecular formula is C26H18F2N6O3S. The number of nitrogens with zero attached hydrogens (tertiary/aromatic N) is 5. The number of anilines is 1. The number of halogens is 2. The summed E-state index contributed by atoms with van der Waals surface area (Å²) in [6.45, 7) is 0. The fraction of sp³-hybridized carbons (Fsp3) is 0.0769. The van der Waals surface area contributed by atoms with Gasteiger partial charge in [0.1, 0.15) is 34.0 Å². The zero-order chi connectivity index (χ0) is 27.0. The largest absolute Gasteiger partial charge is 0.480 e. The topological polar surface area (TPSA) is 123 Å². The molecule has 5 aromatic rings. The van der Waals surface area contributed by atoms with Crippen LogP contribution in [0, 0.1) is 23.0 Å². The Morgan fingerprint density at radius 3 is 2.55 bits per heavy atom. The Morgan fingerprint density at radius 2 is 1.82 bits per heavy atom. The normalized spacial score (nSPS) is 11.3. The molecule has 2 aromatic carbocycles. The summed E-state index contributed by atoms with van der Waals surface area (Å²) in [7, 11) is -1.32. The molecule has 0 unspecified atom stereocenters. The van der Waals surface area contributed by atoms with Crippen molar-refractivity contribution < 1.29 is 21.9 Å². The highest BCUT2D eigenvalue weighted by Gasteiger charge is 2.22. The molecule has 3 heterocycles. The first kappa shape index (κ1) is 24.8. The number of nitriles is 1. The highest BCUT2D eigenvalue weighted by atomic mass is 32.2. The van der Waals surface area contributed by atoms with E-state index in [2.05, 4.69) is 19.8 Å². The zero-order valence-corrected chi connectivity index (χ0v) is 20.8. The molecule has 3 aromatic heterocycles. The minimum absolute atomic E-state index is 0.0342. The van der Waals surface area contributed by atoms with E-state index in [1.165, 1.54) is 19.4 Å². The number of aryl methyl sites for hydroxylation is 1. The maximum atomic E-state index is 14.2. The predicted molar refractivity (Wildman–Crippen MR) is 136 cm³/mol. The van der Waals surface area contributed by atoms with Crippen LogP contribution < -0.4 is 9.46 Å². The van der Waals surface area contributed by atoms with Crippen LogP contribution in [0.2, 0.25) is 0 Å². The molecule has 12 heteroatoms. The van der Waals surface area contributed by atoms with Crippen molar-refractivity contribution in [2.45, 2.75) is 4.90 Å². The van der Waals surface area contributed by atoms with Gasteiger partial charge in [0.25, 0.3) is 10.0 Å². The van der Waals surface area contributed by atoms with E-state index >= 15 is 0 Å². The average Bonchev–Trinajstić information content (AvgIpc) is 3.23. The molecule has 0 bridgehead atoms. The SMILES string of the molecule is COc1ncc(-c2ccc3nn(C)c(-c4ccnc(C#N)c4)c3c2)cc1NS(=O)(=O)c1ccc(F)cc1F. The maximum absolute atomic E-state index is 14.2. The van der Waals surface area contributed by atoms with Crippen molar-refractivity contribution in [2.75, 3.05) is 11.8 Å². The first-order chi connectivity index (χ1) is 18.2. The van der Waals surface area contributed by atoms with Crippen LogP contribution in [-0.4, -0.2) is 35.3 Å². The van der Waals surface area contributed by atoms with E-state index in [1.807, 2.05) is 18.2 Å². The third-order valence-corrected chi connectivity index (χ3v) is 7.19. The monoisotopic (exact) mass is 532 g/mol. The predicted octanol–water partition coefficient (Wildman–Crippen LogP) is 4.66. The summed E-state index contributed by atoms with van der Waals surface area (Å²) < 4.78 is 62.5. The Balaban J connectivity index is 1.59. The van der Waals surface area contributed by atoms with Crippen LogP contribution in [0.4, 0.5) is 14.5 Å². The fourth-order valence-corrected chi connectivity index (χ4v) is 5.21. The standard InChI is InChI=1S/C26H18F2N6O3S/c1-34-25(16-7-8-30-19(9-16)13-29)20-10-15(3-5-22(20)32-34)17-11-23(26(37-2)31-14-17)33-38(35,36)24-6-4-18(27)12-21(24)28/h3-12,14,33H,1-2H3. The Hall–Kier alpha value is -4.89. The van der Waals surface area contributed by atoms with Gasteiger partial charge in [-0.25, -0.2) is 27.2 Å². The molecule has 0 saturated carbocycles. The van der Waals surface area contributed by atoms with E-state index in [4.69, 9.17) is 4.74 Å². The van der Waals surface area contributed by atoms with Gasteiger partial charge in [-0.15, -0.1) is 0 Å². The number of fused-ring (bicyclic) bond motifs is 1. The summed E-state index contributed by atoms with van der Waals surface area (Å²) in [5.41, 5.74) is 3.67. The minimum atomic E-state index is -4.43. The van der Waals surface area contributed by atoms with Crippen molar-refractivity contribution in [3.63, 3.8) is 0 Å². The van der Waals surface area contributed by atoms with Crippen LogP contribution in [0.25, 0.3) is 33.3 Å². The molecule has 0 spiro atoms. The minimum Gasteiger partial charge on any atom is -0.480 e. The Kier molecular flexibility index (Phi) is 6.22. The lowest BCUT2D eigenvalue weighted by Crippen LogP contribution is -2.15. The molecule has 0 atom stereocenters. The number of hydrogen-bond donors (Lipinski definition) is 1. The lowest BCUT2D eigenvalue weighted by atomic mass is 10.0. The number of aromatic nitrogens is 4. The van der Waals surface area contributed by atoms with Gasteiger partial charge in [-0.3, -0.25) is 9.40 Å². The van der Waals surface area contributed by atoms with E-state index in [1.54, 1.807) is 36.1 Å². The van der Waals surface area contributed by atoms with Gasteiger partial charge in [0.15, 0.2) is 0 Å². The number of methoxy groups -OCH3 is 1. The summed E-state index contributed by atoms with van der Waals surface area (Å²) in [6, 6.07) is 14.6. The molecule has 5 rings (SSSR count). The molecule has 0 radical (unpaired) electrons. The number of nitrogens with one attached hydrogen (secondary N) is 1. The van der Waals surface area contributed by atoms with E-state index in [0.717, 1.165) is 28.8 Å². The number of rotatable bonds is 6. The van der Waals surface area contributed by atoms with Crippen molar-refractivity contribution in [3.05, 3.63) is 84.3 Å². The molecule has 1 N–H and O–H groups in total. The van der Waals surface area contributed by atoms with Crippen LogP contribution in [-0.2, 0) is 17.1 Å². The number of hydrogen-bond acceptors (Lipinski definition) is 7. The molecule has 0 aliphatic rings. The maximum Gasteiger partial charge on any atom is 0.264 e. The smallest absolute Gasteiger partial charge is 0.264 e. The number of sulfonamides is 1. The molecule has 190 valence electrons. The first-order valence-electron chi connectivity index (χ1n) is 11.1. The van der Waals surface area contributed by atoms with E-state index in [9.17, 15) is 22.5 Å². The van der Waals surface area contributed by atoms with Crippen molar-refractivity contribution in [3.8, 4) is 34.3 Å². The third kappa shape index (κ3) is 4.51. The highest BCUT2D eigenvalue weighted by Crippen LogP contribution is 2.35. The van der Waals surface area contributed by atoms with E-state index in [0.29, 0.717) is 22.7 Å². The van der Waals surface area contributed by atoms with Gasteiger partial charge in [-0.05, 0) is 48.0 Å². The Bertz CT molecular complexity index is 1870. The molecule has 0 fully saturated rings. The van der Waals surface area contributed by atoms with Gasteiger partial charge >= 0.3 is 0 Å². The Labute approximate surface area is 216 Å². The molecule has 38 heavy (non-hydrogen) atoms. The van der Waals surface area contributed by atoms with Gasteiger partial charge in [-0.1, -0.05) is 6.07 Å². The van der Waals surface area contributed by atoms with E-state index in [-0.39, 0.29) is 17.3 Å². The summed E-state index contributed by atoms with van der Waals surface area (Å²) in [6.07, 6.45) is 3.05. The van der Waals surface area contributed by atoms with Crippen molar-refractivity contribution >= 4 is 26.6 Å². The van der Waals surface area contributed by atoms with Gasteiger partial charge in [0.2, 0.25) is 5.88 Å². The number of ether oxygens (including phenoxy) is 1. The van der Waals surface area contributed by atoms with Gasteiger partial charge in [-0.2, -0.15) is 10.4 Å². The Morgan fingerprint density at radius 1 is 1.00 bits per heavy atom. The lowest BCUT2D eigenvalue weighted by molar-refractivity contribution is 0.400. The van der Waals surface area contributed by atoms with Gasteiger partial charge in [0.05, 0.1) is 18.3 Å². The van der Waals surface area contributed by atoms with Crippen LogP contribution in [0.15, 0.2) is 71.9 Å². The van der Waals surface area contributed by atoms with Crippen LogP contribution in [0.5, 0.6) is 5.88 Å². The average molecular weight is 533 g/mol. The quantitative estimate of drug-likeness (QED) is 0.338. The second-order valence-corrected chi connectivity index (χ2v) is 9.86.